The van der Waals surface area contributed by atoms with Crippen molar-refractivity contribution in [3.8, 4) is 0 Å². The van der Waals surface area contributed by atoms with E-state index in [4.69, 9.17) is 5.73 Å². The molecule has 3 heterocycles. The summed E-state index contributed by atoms with van der Waals surface area (Å²) in [4.78, 5) is 4.44. The maximum absolute atomic E-state index is 6.03. The first kappa shape index (κ1) is 15.2. The zero-order valence-electron chi connectivity index (χ0n) is 13.8. The molecule has 1 aromatic carbocycles. The van der Waals surface area contributed by atoms with Gasteiger partial charge in [0.2, 0.25) is 0 Å². The molecular weight excluding hydrogens is 284 g/mol. The number of aromatic nitrogens is 3. The maximum atomic E-state index is 6.03. The van der Waals surface area contributed by atoms with Gasteiger partial charge in [-0.15, -0.1) is 0 Å². The molecule has 0 aliphatic carbocycles. The second kappa shape index (κ2) is 6.16. The Bertz CT molecular complexity index is 946. The van der Waals surface area contributed by atoms with Crippen LogP contribution in [0.2, 0.25) is 0 Å². The van der Waals surface area contributed by atoms with Gasteiger partial charge in [-0.1, -0.05) is 19.9 Å². The molecule has 3 aromatic heterocycles. The molecule has 0 amide bonds. The van der Waals surface area contributed by atoms with Crippen LogP contribution in [0, 0.1) is 0 Å². The molecule has 4 heteroatoms. The van der Waals surface area contributed by atoms with Gasteiger partial charge in [0, 0.05) is 48.6 Å². The second-order valence-corrected chi connectivity index (χ2v) is 5.36. The van der Waals surface area contributed by atoms with Crippen LogP contribution in [-0.2, 0) is 13.6 Å². The Kier molecular flexibility index (Phi) is 4.06. The normalized spacial score (nSPS) is 10.7. The van der Waals surface area contributed by atoms with Crippen LogP contribution in [0.4, 0.5) is 5.69 Å². The number of rotatable bonds is 2. The zero-order chi connectivity index (χ0) is 16.4. The van der Waals surface area contributed by atoms with Crippen LogP contribution >= 0.6 is 0 Å². The lowest BCUT2D eigenvalue weighted by atomic mass is 10.2. The Morgan fingerprint density at radius 2 is 1.78 bits per heavy atom. The SMILES string of the molecule is CC.Cn1ccc2c(Cn3ccc4c(N)cccc43)ccnc21. The predicted octanol–water partition coefficient (Wildman–Crippen LogP) is 4.18. The number of nitrogen functional groups attached to an aromatic ring is 1. The largest absolute Gasteiger partial charge is 0.398 e. The lowest BCUT2D eigenvalue weighted by Crippen LogP contribution is -1.99. The van der Waals surface area contributed by atoms with Gasteiger partial charge >= 0.3 is 0 Å². The van der Waals surface area contributed by atoms with Crippen molar-refractivity contribution >= 4 is 27.6 Å². The number of hydrogen-bond acceptors (Lipinski definition) is 2. The van der Waals surface area contributed by atoms with Crippen LogP contribution in [0.3, 0.4) is 0 Å². The molecule has 0 atom stereocenters. The lowest BCUT2D eigenvalue weighted by molar-refractivity contribution is 0.841. The number of aryl methyl sites for hydroxylation is 1. The van der Waals surface area contributed by atoms with Crippen molar-refractivity contribution in [2.75, 3.05) is 5.73 Å². The summed E-state index contributed by atoms with van der Waals surface area (Å²) in [5, 5.41) is 2.31. The Hall–Kier alpha value is -2.75. The summed E-state index contributed by atoms with van der Waals surface area (Å²) in [6, 6.07) is 12.3. The molecular formula is C19H22N4. The van der Waals surface area contributed by atoms with Gasteiger partial charge in [-0.3, -0.25) is 0 Å². The van der Waals surface area contributed by atoms with Crippen molar-refractivity contribution in [2.24, 2.45) is 7.05 Å². The highest BCUT2D eigenvalue weighted by Crippen LogP contribution is 2.24. The van der Waals surface area contributed by atoms with E-state index < -0.39 is 0 Å². The minimum Gasteiger partial charge on any atom is -0.398 e. The number of nitrogens with two attached hydrogens (primary N) is 1. The quantitative estimate of drug-likeness (QED) is 0.565. The number of anilines is 1. The van der Waals surface area contributed by atoms with Gasteiger partial charge in [-0.2, -0.15) is 0 Å². The third kappa shape index (κ3) is 2.57. The van der Waals surface area contributed by atoms with Crippen LogP contribution in [-0.4, -0.2) is 14.1 Å². The van der Waals surface area contributed by atoms with Gasteiger partial charge in [0.25, 0.3) is 0 Å². The third-order valence-corrected chi connectivity index (χ3v) is 4.05. The van der Waals surface area contributed by atoms with Crippen molar-refractivity contribution in [1.82, 2.24) is 14.1 Å². The summed E-state index contributed by atoms with van der Waals surface area (Å²) in [6.45, 7) is 4.82. The number of hydrogen-bond donors (Lipinski definition) is 1. The van der Waals surface area contributed by atoms with Crippen LogP contribution in [0.15, 0.2) is 55.0 Å². The predicted molar refractivity (Wildman–Crippen MR) is 97.5 cm³/mol. The van der Waals surface area contributed by atoms with Gasteiger partial charge in [-0.25, -0.2) is 4.98 Å². The Morgan fingerprint density at radius 3 is 2.61 bits per heavy atom. The van der Waals surface area contributed by atoms with Crippen molar-refractivity contribution in [3.05, 3.63) is 60.6 Å². The maximum Gasteiger partial charge on any atom is 0.139 e. The molecule has 0 saturated carbocycles. The fourth-order valence-electron chi connectivity index (χ4n) is 2.93. The van der Waals surface area contributed by atoms with E-state index in [2.05, 4.69) is 40.0 Å². The number of fused-ring (bicyclic) bond motifs is 2. The van der Waals surface area contributed by atoms with E-state index >= 15 is 0 Å². The second-order valence-electron chi connectivity index (χ2n) is 5.36. The highest BCUT2D eigenvalue weighted by Gasteiger charge is 2.08. The molecule has 0 aliphatic heterocycles. The van der Waals surface area contributed by atoms with Crippen LogP contribution < -0.4 is 5.73 Å². The summed E-state index contributed by atoms with van der Waals surface area (Å²) < 4.78 is 4.28. The molecule has 2 N–H and O–H groups in total. The number of pyridine rings is 1. The molecule has 118 valence electrons. The topological polar surface area (TPSA) is 48.8 Å². The molecule has 4 nitrogen and oxygen atoms in total. The fraction of sp³-hybridized carbons (Fsp3) is 0.211. The van der Waals surface area contributed by atoms with Crippen molar-refractivity contribution < 1.29 is 0 Å². The summed E-state index contributed by atoms with van der Waals surface area (Å²) in [6.07, 6.45) is 6.01. The van der Waals surface area contributed by atoms with Crippen LogP contribution in [0.25, 0.3) is 21.9 Å². The summed E-state index contributed by atoms with van der Waals surface area (Å²) in [5.41, 5.74) is 10.3. The summed E-state index contributed by atoms with van der Waals surface area (Å²) in [5.74, 6) is 0. The van der Waals surface area contributed by atoms with E-state index in [9.17, 15) is 0 Å². The minimum atomic E-state index is 0.815. The van der Waals surface area contributed by atoms with Gasteiger partial charge in [0.1, 0.15) is 5.65 Å². The summed E-state index contributed by atoms with van der Waals surface area (Å²) >= 11 is 0. The van der Waals surface area contributed by atoms with Gasteiger partial charge < -0.3 is 14.9 Å². The molecule has 0 unspecified atom stereocenters. The van der Waals surface area contributed by atoms with Gasteiger partial charge in [0.05, 0.1) is 5.52 Å². The average Bonchev–Trinajstić information content (AvgIpc) is 3.16. The molecule has 0 fully saturated rings. The smallest absolute Gasteiger partial charge is 0.139 e. The van der Waals surface area contributed by atoms with E-state index in [0.717, 1.165) is 28.8 Å². The molecule has 0 radical (unpaired) electrons. The van der Waals surface area contributed by atoms with Gasteiger partial charge in [-0.05, 0) is 35.9 Å². The molecule has 0 bridgehead atoms. The van der Waals surface area contributed by atoms with Crippen molar-refractivity contribution in [3.63, 3.8) is 0 Å². The highest BCUT2D eigenvalue weighted by atomic mass is 15.0. The summed E-state index contributed by atoms with van der Waals surface area (Å²) in [7, 11) is 2.02. The molecule has 23 heavy (non-hydrogen) atoms. The van der Waals surface area contributed by atoms with E-state index in [0.29, 0.717) is 0 Å². The van der Waals surface area contributed by atoms with Crippen LogP contribution in [0.1, 0.15) is 19.4 Å². The Balaban J connectivity index is 0.000000753. The zero-order valence-corrected chi connectivity index (χ0v) is 13.8. The third-order valence-electron chi connectivity index (χ3n) is 4.05. The van der Waals surface area contributed by atoms with E-state index in [1.54, 1.807) is 0 Å². The number of benzene rings is 1. The first-order chi connectivity index (χ1) is 11.2. The molecule has 0 aliphatic rings. The molecule has 0 spiro atoms. The first-order valence-electron chi connectivity index (χ1n) is 7.96. The minimum absolute atomic E-state index is 0.815. The van der Waals surface area contributed by atoms with Crippen molar-refractivity contribution in [1.29, 1.82) is 0 Å². The highest BCUT2D eigenvalue weighted by molar-refractivity contribution is 5.91. The Morgan fingerprint density at radius 1 is 1.00 bits per heavy atom. The fourth-order valence-corrected chi connectivity index (χ4v) is 2.93. The van der Waals surface area contributed by atoms with Crippen molar-refractivity contribution in [2.45, 2.75) is 20.4 Å². The van der Waals surface area contributed by atoms with E-state index in [-0.39, 0.29) is 0 Å². The van der Waals surface area contributed by atoms with E-state index in [1.165, 1.54) is 10.9 Å². The van der Waals surface area contributed by atoms with Gasteiger partial charge in [0.15, 0.2) is 0 Å². The van der Waals surface area contributed by atoms with Crippen LogP contribution in [0.5, 0.6) is 0 Å². The standard InChI is InChI=1S/C17H16N4.C2H6/c1-20-9-6-13-12(5-8-19-17(13)20)11-21-10-7-14-15(18)3-2-4-16(14)21;1-2/h2-10H,11,18H2,1H3;1-2H3. The molecule has 4 rings (SSSR count). The lowest BCUT2D eigenvalue weighted by Gasteiger charge is -2.08. The average molecular weight is 306 g/mol. The number of nitrogens with zero attached hydrogens (tertiary/aromatic N) is 3. The van der Waals surface area contributed by atoms with E-state index in [1.807, 2.05) is 50.0 Å². The Labute approximate surface area is 136 Å². The molecule has 0 saturated heterocycles. The first-order valence-corrected chi connectivity index (χ1v) is 7.96. The monoisotopic (exact) mass is 306 g/mol. The molecule has 4 aromatic rings.